The zero-order valence-corrected chi connectivity index (χ0v) is 12.0. The van der Waals surface area contributed by atoms with Gasteiger partial charge in [0.1, 0.15) is 0 Å². The minimum atomic E-state index is -0.0309. The molecular weight excluding hydrogens is 347 g/mol. The van der Waals surface area contributed by atoms with Crippen LogP contribution in [0.1, 0.15) is 16.1 Å². The SMILES string of the molecule is O=C(NCCc1cscn1)c1ccc(I)cc1. The van der Waals surface area contributed by atoms with E-state index < -0.39 is 0 Å². The fraction of sp³-hybridized carbons (Fsp3) is 0.167. The van der Waals surface area contributed by atoms with Crippen molar-refractivity contribution in [1.82, 2.24) is 10.3 Å². The number of amides is 1. The number of aromatic nitrogens is 1. The Morgan fingerprint density at radius 1 is 1.35 bits per heavy atom. The van der Waals surface area contributed by atoms with Crippen LogP contribution in [0.3, 0.4) is 0 Å². The minimum Gasteiger partial charge on any atom is -0.352 e. The van der Waals surface area contributed by atoms with Crippen LogP contribution < -0.4 is 5.32 Å². The Morgan fingerprint density at radius 3 is 2.76 bits per heavy atom. The van der Waals surface area contributed by atoms with Crippen molar-refractivity contribution < 1.29 is 4.79 Å². The summed E-state index contributed by atoms with van der Waals surface area (Å²) in [6.45, 7) is 0.620. The molecule has 3 nitrogen and oxygen atoms in total. The van der Waals surface area contributed by atoms with Gasteiger partial charge in [-0.05, 0) is 46.9 Å². The van der Waals surface area contributed by atoms with Gasteiger partial charge in [-0.2, -0.15) is 0 Å². The summed E-state index contributed by atoms with van der Waals surface area (Å²) in [5.41, 5.74) is 3.53. The summed E-state index contributed by atoms with van der Waals surface area (Å²) < 4.78 is 1.13. The lowest BCUT2D eigenvalue weighted by Crippen LogP contribution is -2.25. The third-order valence-corrected chi connectivity index (χ3v) is 3.61. The predicted molar refractivity (Wildman–Crippen MR) is 77.3 cm³/mol. The number of benzene rings is 1. The third-order valence-electron chi connectivity index (χ3n) is 2.26. The number of nitrogens with zero attached hydrogens (tertiary/aromatic N) is 1. The molecule has 1 aromatic heterocycles. The van der Waals surface area contributed by atoms with Crippen molar-refractivity contribution in [3.63, 3.8) is 0 Å². The molecule has 88 valence electrons. The van der Waals surface area contributed by atoms with Crippen molar-refractivity contribution in [2.24, 2.45) is 0 Å². The number of rotatable bonds is 4. The highest BCUT2D eigenvalue weighted by molar-refractivity contribution is 14.1. The molecule has 1 amide bonds. The smallest absolute Gasteiger partial charge is 0.251 e. The van der Waals surface area contributed by atoms with E-state index in [0.717, 1.165) is 15.7 Å². The van der Waals surface area contributed by atoms with Gasteiger partial charge >= 0.3 is 0 Å². The summed E-state index contributed by atoms with van der Waals surface area (Å²) in [5, 5.41) is 4.88. The van der Waals surface area contributed by atoms with E-state index >= 15 is 0 Å². The van der Waals surface area contributed by atoms with Gasteiger partial charge in [0.15, 0.2) is 0 Å². The van der Waals surface area contributed by atoms with Gasteiger partial charge in [0, 0.05) is 27.5 Å². The van der Waals surface area contributed by atoms with Crippen LogP contribution in [-0.4, -0.2) is 17.4 Å². The number of hydrogen-bond acceptors (Lipinski definition) is 3. The molecule has 0 radical (unpaired) electrons. The van der Waals surface area contributed by atoms with Crippen LogP contribution in [0.15, 0.2) is 35.2 Å². The highest BCUT2D eigenvalue weighted by Gasteiger charge is 2.04. The molecule has 0 aliphatic heterocycles. The van der Waals surface area contributed by atoms with Crippen LogP contribution in [0.25, 0.3) is 0 Å². The lowest BCUT2D eigenvalue weighted by Gasteiger charge is -2.04. The molecule has 2 rings (SSSR count). The summed E-state index contributed by atoms with van der Waals surface area (Å²) >= 11 is 3.79. The number of hydrogen-bond donors (Lipinski definition) is 1. The molecule has 0 saturated carbocycles. The Morgan fingerprint density at radius 2 is 2.12 bits per heavy atom. The number of thiazole rings is 1. The molecule has 5 heteroatoms. The second-order valence-corrected chi connectivity index (χ2v) is 5.46. The average molecular weight is 358 g/mol. The van der Waals surface area contributed by atoms with E-state index in [0.29, 0.717) is 12.1 Å². The maximum absolute atomic E-state index is 11.8. The minimum absolute atomic E-state index is 0.0309. The van der Waals surface area contributed by atoms with Gasteiger partial charge in [-0.3, -0.25) is 4.79 Å². The first-order valence-electron chi connectivity index (χ1n) is 5.16. The molecule has 1 aromatic carbocycles. The molecule has 0 fully saturated rings. The van der Waals surface area contributed by atoms with Gasteiger partial charge in [-0.25, -0.2) is 4.98 Å². The first-order valence-corrected chi connectivity index (χ1v) is 7.19. The van der Waals surface area contributed by atoms with Crippen LogP contribution >= 0.6 is 33.9 Å². The summed E-state index contributed by atoms with van der Waals surface area (Å²) in [4.78, 5) is 15.9. The number of carbonyl (C=O) groups excluding carboxylic acids is 1. The van der Waals surface area contributed by atoms with E-state index in [1.807, 2.05) is 29.6 Å². The maximum Gasteiger partial charge on any atom is 0.251 e. The van der Waals surface area contributed by atoms with Crippen molar-refractivity contribution in [2.45, 2.75) is 6.42 Å². The van der Waals surface area contributed by atoms with E-state index in [-0.39, 0.29) is 5.91 Å². The average Bonchev–Trinajstić information content (AvgIpc) is 2.83. The molecule has 0 atom stereocenters. The monoisotopic (exact) mass is 358 g/mol. The van der Waals surface area contributed by atoms with Gasteiger partial charge in [0.25, 0.3) is 5.91 Å². The zero-order chi connectivity index (χ0) is 12.1. The Bertz CT molecular complexity index is 482. The van der Waals surface area contributed by atoms with Crippen molar-refractivity contribution in [3.8, 4) is 0 Å². The van der Waals surface area contributed by atoms with Gasteiger partial charge < -0.3 is 5.32 Å². The van der Waals surface area contributed by atoms with Crippen LogP contribution in [0, 0.1) is 3.57 Å². The van der Waals surface area contributed by atoms with E-state index in [4.69, 9.17) is 0 Å². The highest BCUT2D eigenvalue weighted by Crippen LogP contribution is 2.06. The lowest BCUT2D eigenvalue weighted by molar-refractivity contribution is 0.0954. The van der Waals surface area contributed by atoms with Crippen molar-refractivity contribution in [2.75, 3.05) is 6.54 Å². The first kappa shape index (κ1) is 12.5. The summed E-state index contributed by atoms with van der Waals surface area (Å²) in [6.07, 6.45) is 0.777. The summed E-state index contributed by atoms with van der Waals surface area (Å²) in [5.74, 6) is -0.0309. The molecule has 0 spiro atoms. The Balaban J connectivity index is 1.83. The van der Waals surface area contributed by atoms with Crippen LogP contribution in [-0.2, 0) is 6.42 Å². The molecule has 0 bridgehead atoms. The van der Waals surface area contributed by atoms with Crippen LogP contribution in [0.5, 0.6) is 0 Å². The summed E-state index contributed by atoms with van der Waals surface area (Å²) in [6, 6.07) is 7.52. The molecule has 1 heterocycles. The Kier molecular flexibility index (Phi) is 4.49. The number of carbonyl (C=O) groups is 1. The van der Waals surface area contributed by atoms with Gasteiger partial charge in [0.05, 0.1) is 11.2 Å². The third kappa shape index (κ3) is 3.78. The fourth-order valence-electron chi connectivity index (χ4n) is 1.37. The largest absolute Gasteiger partial charge is 0.352 e. The topological polar surface area (TPSA) is 42.0 Å². The predicted octanol–water partition coefficient (Wildman–Crippen LogP) is 2.72. The number of halogens is 1. The van der Waals surface area contributed by atoms with Crippen LogP contribution in [0.4, 0.5) is 0 Å². The van der Waals surface area contributed by atoms with Crippen molar-refractivity contribution in [3.05, 3.63) is 50.0 Å². The second kappa shape index (κ2) is 6.11. The standard InChI is InChI=1S/C12H11IN2OS/c13-10-3-1-9(2-4-10)12(16)14-6-5-11-7-17-8-15-11/h1-4,7-8H,5-6H2,(H,14,16). The first-order chi connectivity index (χ1) is 8.25. The zero-order valence-electron chi connectivity index (χ0n) is 9.02. The quantitative estimate of drug-likeness (QED) is 0.854. The van der Waals surface area contributed by atoms with E-state index in [1.54, 1.807) is 16.8 Å². The molecule has 0 aliphatic carbocycles. The lowest BCUT2D eigenvalue weighted by atomic mass is 10.2. The Labute approximate surface area is 117 Å². The van der Waals surface area contributed by atoms with Crippen LogP contribution in [0.2, 0.25) is 0 Å². The molecule has 17 heavy (non-hydrogen) atoms. The van der Waals surface area contributed by atoms with Crippen molar-refractivity contribution in [1.29, 1.82) is 0 Å². The second-order valence-electron chi connectivity index (χ2n) is 3.49. The normalized spacial score (nSPS) is 10.2. The van der Waals surface area contributed by atoms with Gasteiger partial charge in [-0.1, -0.05) is 0 Å². The molecule has 1 N–H and O–H groups in total. The van der Waals surface area contributed by atoms with E-state index in [2.05, 4.69) is 32.9 Å². The highest BCUT2D eigenvalue weighted by atomic mass is 127. The fourth-order valence-corrected chi connectivity index (χ4v) is 2.32. The number of nitrogens with one attached hydrogen (secondary N) is 1. The molecule has 2 aromatic rings. The van der Waals surface area contributed by atoms with E-state index in [1.165, 1.54) is 0 Å². The molecule has 0 unspecified atom stereocenters. The molecule has 0 aliphatic rings. The summed E-state index contributed by atoms with van der Waals surface area (Å²) in [7, 11) is 0. The van der Waals surface area contributed by atoms with Gasteiger partial charge in [0.2, 0.25) is 0 Å². The van der Waals surface area contributed by atoms with E-state index in [9.17, 15) is 4.79 Å². The Hall–Kier alpha value is -0.950. The van der Waals surface area contributed by atoms with Gasteiger partial charge in [-0.15, -0.1) is 11.3 Å². The maximum atomic E-state index is 11.8. The molecule has 0 saturated heterocycles. The molecular formula is C12H11IN2OS. The van der Waals surface area contributed by atoms with Crippen molar-refractivity contribution >= 4 is 39.8 Å².